The minimum absolute atomic E-state index is 0. The zero-order valence-electron chi connectivity index (χ0n) is 4.92. The largest absolute Gasteiger partial charge is 1.00 e. The molecule has 44 valence electrons. The van der Waals surface area contributed by atoms with Crippen molar-refractivity contribution in [2.45, 2.75) is 0 Å². The Morgan fingerprint density at radius 2 is 1.50 bits per heavy atom. The number of thiocarbonyl (C=S) groups is 1. The van der Waals surface area contributed by atoms with Gasteiger partial charge in [-0.1, -0.05) is 12.2 Å². The zero-order valence-corrected chi connectivity index (χ0v) is 8.64. The minimum atomic E-state index is 0. The molecule has 8 heavy (non-hydrogen) atoms. The molecule has 0 aliphatic carbocycles. The van der Waals surface area contributed by atoms with Crippen LogP contribution in [0, 0.1) is 0 Å². The number of hydrogen-bond acceptors (Lipinski definition) is 1. The number of hydrogen-bond donors (Lipinski definition) is 2. The molecule has 0 amide bonds. The summed E-state index contributed by atoms with van der Waals surface area (Å²) in [6, 6.07) is 0. The Morgan fingerprint density at radius 3 is 1.50 bits per heavy atom. The van der Waals surface area contributed by atoms with Gasteiger partial charge in [0, 0.05) is 0 Å². The van der Waals surface area contributed by atoms with Crippen LogP contribution in [0.15, 0.2) is 13.2 Å². The summed E-state index contributed by atoms with van der Waals surface area (Å²) in [6.07, 6.45) is 0. The molecule has 4 N–H and O–H groups in total. The van der Waals surface area contributed by atoms with Gasteiger partial charge in [-0.15, -0.1) is 25.8 Å². The second kappa shape index (κ2) is 24.6. The van der Waals surface area contributed by atoms with E-state index in [1.807, 2.05) is 0 Å². The van der Waals surface area contributed by atoms with Crippen molar-refractivity contribution in [2.24, 2.45) is 5.73 Å². The molecule has 0 unspecified atom stereocenters. The average molecular weight is 160 g/mol. The molecule has 0 aromatic heterocycles. The first kappa shape index (κ1) is 23.1. The molecule has 0 rings (SSSR count). The van der Waals surface area contributed by atoms with Gasteiger partial charge in [0.1, 0.15) is 4.32 Å². The van der Waals surface area contributed by atoms with Crippen molar-refractivity contribution in [1.29, 1.82) is 0 Å². The minimum Gasteiger partial charge on any atom is -0.693 e. The summed E-state index contributed by atoms with van der Waals surface area (Å²) in [7, 11) is 0. The van der Waals surface area contributed by atoms with E-state index in [9.17, 15) is 0 Å². The topological polar surface area (TPSA) is 59.5 Å². The van der Waals surface area contributed by atoms with E-state index in [4.69, 9.17) is 5.73 Å². The smallest absolute Gasteiger partial charge is 0.693 e. The van der Waals surface area contributed by atoms with Crippen LogP contribution < -0.4 is 35.3 Å². The Balaban J connectivity index is -0.0000000183. The summed E-state index contributed by atoms with van der Waals surface area (Å²) >= 11 is 7.65. The summed E-state index contributed by atoms with van der Waals surface area (Å²) in [4.78, 5) is 0. The van der Waals surface area contributed by atoms with Crippen LogP contribution in [0.25, 0.3) is 6.15 Å². The fourth-order valence-electron chi connectivity index (χ4n) is 0. The van der Waals surface area contributed by atoms with Gasteiger partial charge in [-0.3, -0.25) is 0 Å². The maximum Gasteiger partial charge on any atom is 1.00 e. The van der Waals surface area contributed by atoms with E-state index in [0.29, 0.717) is 0 Å². The fourth-order valence-corrected chi connectivity index (χ4v) is 0. The van der Waals surface area contributed by atoms with Crippen molar-refractivity contribution < 1.29 is 29.6 Å². The van der Waals surface area contributed by atoms with Crippen LogP contribution in [0.4, 0.5) is 0 Å². The van der Waals surface area contributed by atoms with Gasteiger partial charge >= 0.3 is 29.6 Å². The van der Waals surface area contributed by atoms with E-state index < -0.39 is 0 Å². The molecule has 2 nitrogen and oxygen atoms in total. The van der Waals surface area contributed by atoms with Crippen LogP contribution >= 0.6 is 24.8 Å². The molecule has 0 saturated carbocycles. The maximum absolute atomic E-state index is 4.71. The predicted octanol–water partition coefficient (Wildman–Crippen LogP) is -1.32. The first-order valence-corrected chi connectivity index (χ1v) is 2.07. The molecule has 0 heterocycles. The Kier molecular flexibility index (Phi) is 71.1. The van der Waals surface area contributed by atoms with Crippen LogP contribution in [-0.2, 0) is 0 Å². The Bertz CT molecular complexity index is 46.5. The quantitative estimate of drug-likeness (QED) is 0.200. The van der Waals surface area contributed by atoms with Crippen LogP contribution in [0.3, 0.4) is 0 Å². The van der Waals surface area contributed by atoms with Crippen molar-refractivity contribution in [3.63, 3.8) is 0 Å². The molecule has 0 aromatic rings. The van der Waals surface area contributed by atoms with Gasteiger partial charge in [0.2, 0.25) is 0 Å². The SMILES string of the molecule is C=C.NC(=S)S.[NH2-].[Na+]. The number of thiol groups is 1. The molecule has 0 aromatic carbocycles. The van der Waals surface area contributed by atoms with E-state index >= 15 is 0 Å². The molecule has 0 atom stereocenters. The third-order valence-corrected chi connectivity index (χ3v) is 0. The van der Waals surface area contributed by atoms with E-state index in [2.05, 4.69) is 38.0 Å². The molecular weight excluding hydrogens is 151 g/mol. The standard InChI is InChI=1S/C2H4.CH3NS2.H2N.Na/c1-2;2-1(3)4;;/h1-2H2;(H3,2,3,4);1H2;/q;;-1;+1. The van der Waals surface area contributed by atoms with Gasteiger partial charge in [0.25, 0.3) is 0 Å². The first-order chi connectivity index (χ1) is 2.73. The molecule has 0 radical (unpaired) electrons. The van der Waals surface area contributed by atoms with Crippen molar-refractivity contribution in [2.75, 3.05) is 0 Å². The van der Waals surface area contributed by atoms with Crippen molar-refractivity contribution in [3.05, 3.63) is 19.3 Å². The molecule has 0 aliphatic heterocycles. The van der Waals surface area contributed by atoms with Crippen LogP contribution in [0.5, 0.6) is 0 Å². The number of rotatable bonds is 0. The molecule has 0 saturated heterocycles. The van der Waals surface area contributed by atoms with E-state index in [1.54, 1.807) is 0 Å². The van der Waals surface area contributed by atoms with Crippen LogP contribution in [-0.4, -0.2) is 4.32 Å². The number of nitrogens with two attached hydrogens (primary N) is 2. The average Bonchev–Trinajstić information content (AvgIpc) is 1.41. The summed E-state index contributed by atoms with van der Waals surface area (Å²) in [6.45, 7) is 6.00. The molecular formula is C3H9N2NaS2. The van der Waals surface area contributed by atoms with Crippen molar-refractivity contribution in [1.82, 2.24) is 0 Å². The third kappa shape index (κ3) is 277. The van der Waals surface area contributed by atoms with Gasteiger partial charge in [0.15, 0.2) is 0 Å². The second-order valence-corrected chi connectivity index (χ2v) is 1.56. The third-order valence-electron chi connectivity index (χ3n) is 0. The van der Waals surface area contributed by atoms with Crippen molar-refractivity contribution >= 4 is 29.2 Å². The summed E-state index contributed by atoms with van der Waals surface area (Å²) in [5.74, 6) is 0. The van der Waals surface area contributed by atoms with Gasteiger partial charge in [-0.25, -0.2) is 0 Å². The zero-order chi connectivity index (χ0) is 5.58. The predicted molar refractivity (Wildman–Crippen MR) is 42.3 cm³/mol. The van der Waals surface area contributed by atoms with Crippen LogP contribution in [0.2, 0.25) is 0 Å². The Hall–Kier alpha value is 0.940. The monoisotopic (exact) mass is 160 g/mol. The second-order valence-electron chi connectivity index (χ2n) is 0.338. The van der Waals surface area contributed by atoms with Gasteiger partial charge in [-0.05, 0) is 0 Å². The van der Waals surface area contributed by atoms with E-state index in [0.717, 1.165) is 0 Å². The molecule has 5 heteroatoms. The van der Waals surface area contributed by atoms with Gasteiger partial charge < -0.3 is 11.9 Å². The summed E-state index contributed by atoms with van der Waals surface area (Å²) < 4.78 is 0.194. The normalized spacial score (nSPS) is 3.62. The molecule has 0 aliphatic rings. The van der Waals surface area contributed by atoms with Crippen LogP contribution in [0.1, 0.15) is 0 Å². The van der Waals surface area contributed by atoms with E-state index in [1.165, 1.54) is 0 Å². The van der Waals surface area contributed by atoms with Gasteiger partial charge in [-0.2, -0.15) is 0 Å². The molecule has 0 fully saturated rings. The Labute approximate surface area is 83.2 Å². The van der Waals surface area contributed by atoms with Crippen molar-refractivity contribution in [3.8, 4) is 0 Å². The summed E-state index contributed by atoms with van der Waals surface area (Å²) in [5, 5.41) is 0. The maximum atomic E-state index is 4.71. The van der Waals surface area contributed by atoms with E-state index in [-0.39, 0.29) is 40.0 Å². The first-order valence-electron chi connectivity index (χ1n) is 1.22. The molecule has 0 spiro atoms. The summed E-state index contributed by atoms with van der Waals surface area (Å²) in [5.41, 5.74) is 4.71. The Morgan fingerprint density at radius 1 is 1.50 bits per heavy atom. The van der Waals surface area contributed by atoms with Gasteiger partial charge in [0.05, 0.1) is 0 Å². The molecule has 0 bridgehead atoms. The fraction of sp³-hybridized carbons (Fsp3) is 0.